The molecule has 2 aromatic heterocycles. The molecule has 0 radical (unpaired) electrons. The van der Waals surface area contributed by atoms with Crippen molar-refractivity contribution in [3.63, 3.8) is 0 Å². The maximum atomic E-state index is 14.4. The van der Waals surface area contributed by atoms with Gasteiger partial charge in [-0.15, -0.1) is 0 Å². The molecule has 2 saturated heterocycles. The molecule has 2 fully saturated rings. The minimum Gasteiger partial charge on any atom is -0.488 e. The summed E-state index contributed by atoms with van der Waals surface area (Å²) in [6.45, 7) is 11.7. The number of rotatable bonds is 14. The molecule has 4 N–H and O–H groups in total. The maximum absolute atomic E-state index is 14.4. The zero-order valence-electron chi connectivity index (χ0n) is 38.5. The van der Waals surface area contributed by atoms with Crippen molar-refractivity contribution in [2.75, 3.05) is 27.4 Å². The molecule has 16 nitrogen and oxygen atoms in total. The van der Waals surface area contributed by atoms with Gasteiger partial charge < -0.3 is 49.3 Å². The van der Waals surface area contributed by atoms with Crippen LogP contribution >= 0.6 is 0 Å². The molecule has 3 aliphatic heterocycles. The lowest BCUT2D eigenvalue weighted by molar-refractivity contribution is -0.139. The van der Waals surface area contributed by atoms with Crippen LogP contribution in [0, 0.1) is 11.8 Å². The number of alkyl carbamates (subject to hydrolysis) is 2. The topological polar surface area (TPSA) is 193 Å². The van der Waals surface area contributed by atoms with E-state index in [4.69, 9.17) is 28.9 Å². The summed E-state index contributed by atoms with van der Waals surface area (Å²) in [6.07, 6.45) is 5.98. The quantitative estimate of drug-likeness (QED) is 0.0846. The Kier molecular flexibility index (Phi) is 13.6. The van der Waals surface area contributed by atoms with Gasteiger partial charge in [0.15, 0.2) is 0 Å². The molecule has 5 heterocycles. The van der Waals surface area contributed by atoms with E-state index in [0.717, 1.165) is 87.6 Å². The molecular weight excluding hydrogens is 829 g/mol. The molecule has 5 aromatic rings. The molecule has 5 atom stereocenters. The second-order valence-corrected chi connectivity index (χ2v) is 18.0. The third-order valence-electron chi connectivity index (χ3n) is 13.5. The van der Waals surface area contributed by atoms with Crippen molar-refractivity contribution in [1.82, 2.24) is 40.4 Å². The largest absolute Gasteiger partial charge is 0.488 e. The Bertz CT molecular complexity index is 2550. The number of nitrogens with one attached hydrogen (secondary N) is 4. The number of carbonyl (C=O) groups is 4. The Hall–Kier alpha value is -6.16. The highest BCUT2D eigenvalue weighted by Gasteiger charge is 2.42. The highest BCUT2D eigenvalue weighted by molar-refractivity contribution is 6.07. The minimum absolute atomic E-state index is 0.0314. The number of amides is 4. The van der Waals surface area contributed by atoms with E-state index in [1.54, 1.807) is 0 Å². The van der Waals surface area contributed by atoms with Gasteiger partial charge in [0, 0.05) is 36.2 Å². The van der Waals surface area contributed by atoms with Crippen LogP contribution in [0.3, 0.4) is 0 Å². The summed E-state index contributed by atoms with van der Waals surface area (Å²) in [7, 11) is 2.61. The fourth-order valence-corrected chi connectivity index (χ4v) is 9.96. The lowest BCUT2D eigenvalue weighted by Crippen LogP contribution is -2.55. The van der Waals surface area contributed by atoms with Gasteiger partial charge in [-0.25, -0.2) is 19.6 Å². The Morgan fingerprint density at radius 2 is 1.69 bits per heavy atom. The molecule has 0 unspecified atom stereocenters. The van der Waals surface area contributed by atoms with E-state index in [1.165, 1.54) is 14.2 Å². The molecule has 3 aromatic carbocycles. The van der Waals surface area contributed by atoms with E-state index in [2.05, 4.69) is 70.8 Å². The number of hydrogen-bond donors (Lipinski definition) is 4. The van der Waals surface area contributed by atoms with Crippen LogP contribution in [-0.2, 0) is 37.0 Å². The van der Waals surface area contributed by atoms with Crippen molar-refractivity contribution < 1.29 is 38.1 Å². The third-order valence-corrected chi connectivity index (χ3v) is 13.5. The van der Waals surface area contributed by atoms with Gasteiger partial charge in [-0.1, -0.05) is 52.3 Å². The lowest BCUT2D eigenvalue weighted by atomic mass is 9.90. The number of carbonyl (C=O) groups excluding carboxylic acids is 4. The number of methoxy groups -OCH3 is 2. The van der Waals surface area contributed by atoms with Gasteiger partial charge in [0.25, 0.3) is 0 Å². The van der Waals surface area contributed by atoms with Crippen molar-refractivity contribution in [2.45, 2.75) is 123 Å². The van der Waals surface area contributed by atoms with Crippen molar-refractivity contribution in [3.8, 4) is 28.1 Å². The van der Waals surface area contributed by atoms with E-state index >= 15 is 0 Å². The number of aromatic nitrogens is 4. The smallest absolute Gasteiger partial charge is 0.407 e. The van der Waals surface area contributed by atoms with Crippen LogP contribution < -0.4 is 15.4 Å². The van der Waals surface area contributed by atoms with E-state index in [1.807, 2.05) is 42.8 Å². The van der Waals surface area contributed by atoms with Crippen molar-refractivity contribution in [3.05, 3.63) is 65.9 Å². The second-order valence-electron chi connectivity index (χ2n) is 18.0. The number of H-pyrrole nitrogens is 2. The zero-order valence-corrected chi connectivity index (χ0v) is 38.5. The Labute approximate surface area is 379 Å². The SMILES string of the molecule is CCC[C@H](C)N(Cc1nc2c(ccc3cc4c(cc32)OCc2cc(-c3cnc([C@@H]5CC[C@H](CC)N5C(=O)[C@@H](NC(=O)OC)C(C)C)[nH]3)ccc2-4)[nH]1)C(=O)[C@@H](NC(=O)OC)C1CCOCC1. The summed E-state index contributed by atoms with van der Waals surface area (Å²) < 4.78 is 21.8. The number of nitrogens with zero attached hydrogens (tertiary/aromatic N) is 4. The number of benzene rings is 3. The predicted octanol–water partition coefficient (Wildman–Crippen LogP) is 8.16. The molecular formula is C49H62N8O8. The Morgan fingerprint density at radius 3 is 2.42 bits per heavy atom. The third kappa shape index (κ3) is 9.22. The summed E-state index contributed by atoms with van der Waals surface area (Å²) in [6, 6.07) is 12.9. The zero-order chi connectivity index (χ0) is 45.9. The summed E-state index contributed by atoms with van der Waals surface area (Å²) in [5.74, 6) is 1.63. The highest BCUT2D eigenvalue weighted by atomic mass is 16.5. The van der Waals surface area contributed by atoms with E-state index < -0.39 is 24.3 Å². The molecule has 0 aliphatic carbocycles. The average Bonchev–Trinajstić information content (AvgIpc) is 4.09. The van der Waals surface area contributed by atoms with Gasteiger partial charge in [0.1, 0.15) is 36.1 Å². The molecule has 65 heavy (non-hydrogen) atoms. The summed E-state index contributed by atoms with van der Waals surface area (Å²) in [5.41, 5.74) is 6.54. The standard InChI is InChI=1S/C49H62N8O8/c1-8-10-28(5)56(46(58)43(55-49(61)63-7)29-17-19-64-20-18-29)25-41-51-37-15-12-30-22-36-34-14-11-31(21-32(34)26-65-40(36)23-35(30)44(37)53-41)38-24-50-45(52-38)39-16-13-33(9-2)57(39)47(59)42(27(3)4)54-48(60)62-6/h11-12,14-15,21-24,27-29,33,39,42-43H,8-10,13,16-20,25-26H2,1-7H3,(H,50,52)(H,51,53)(H,54,60)(H,55,61)/t28-,33-,39-,42-,43-/m0/s1. The summed E-state index contributed by atoms with van der Waals surface area (Å²) in [5, 5.41) is 7.54. The molecule has 4 amide bonds. The second kappa shape index (κ2) is 19.5. The predicted molar refractivity (Wildman–Crippen MR) is 246 cm³/mol. The summed E-state index contributed by atoms with van der Waals surface area (Å²) >= 11 is 0. The maximum Gasteiger partial charge on any atom is 0.407 e. The van der Waals surface area contributed by atoms with Crippen LogP contribution in [0.1, 0.15) is 103 Å². The molecule has 346 valence electrons. The van der Waals surface area contributed by atoms with Crippen LogP contribution in [0.2, 0.25) is 0 Å². The van der Waals surface area contributed by atoms with Crippen molar-refractivity contribution >= 4 is 45.8 Å². The van der Waals surface area contributed by atoms with Gasteiger partial charge >= 0.3 is 12.2 Å². The van der Waals surface area contributed by atoms with Gasteiger partial charge in [0.2, 0.25) is 11.8 Å². The Balaban J connectivity index is 1.04. The first-order valence-electron chi connectivity index (χ1n) is 23.1. The molecule has 16 heteroatoms. The van der Waals surface area contributed by atoms with Crippen molar-refractivity contribution in [2.24, 2.45) is 11.8 Å². The van der Waals surface area contributed by atoms with E-state index in [9.17, 15) is 19.2 Å². The normalized spacial score (nSPS) is 18.7. The number of aromatic amines is 2. The summed E-state index contributed by atoms with van der Waals surface area (Å²) in [4.78, 5) is 73.8. The first-order chi connectivity index (χ1) is 31.4. The fourth-order valence-electron chi connectivity index (χ4n) is 9.96. The van der Waals surface area contributed by atoms with Crippen molar-refractivity contribution in [1.29, 1.82) is 0 Å². The van der Waals surface area contributed by atoms with Crippen LogP contribution in [0.15, 0.2) is 48.7 Å². The fraction of sp³-hybridized carbons (Fsp3) is 0.510. The lowest BCUT2D eigenvalue weighted by Gasteiger charge is -2.36. The number of fused-ring (bicyclic) bond motifs is 6. The van der Waals surface area contributed by atoms with E-state index in [-0.39, 0.29) is 48.3 Å². The number of hydrogen-bond acceptors (Lipinski definition) is 10. The first-order valence-corrected chi connectivity index (χ1v) is 23.1. The minimum atomic E-state index is -0.744. The number of likely N-dealkylation sites (tertiary alicyclic amines) is 1. The number of imidazole rings is 2. The number of ether oxygens (including phenoxy) is 4. The average molecular weight is 891 g/mol. The molecule has 0 spiro atoms. The molecule has 0 bridgehead atoms. The molecule has 3 aliphatic rings. The first kappa shape index (κ1) is 45.4. The van der Waals surface area contributed by atoms with Crippen LogP contribution in [0.4, 0.5) is 9.59 Å². The van der Waals surface area contributed by atoms with Gasteiger partial charge in [0.05, 0.1) is 49.7 Å². The van der Waals surface area contributed by atoms with E-state index in [0.29, 0.717) is 44.3 Å². The van der Waals surface area contributed by atoms with Gasteiger partial charge in [-0.2, -0.15) is 0 Å². The Morgan fingerprint density at radius 1 is 0.923 bits per heavy atom. The molecule has 8 rings (SSSR count). The highest BCUT2D eigenvalue weighted by Crippen LogP contribution is 2.43. The van der Waals surface area contributed by atoms with Crippen LogP contribution in [-0.4, -0.2) is 105 Å². The van der Waals surface area contributed by atoms with Gasteiger partial charge in [-0.05, 0) is 104 Å². The van der Waals surface area contributed by atoms with Crippen LogP contribution in [0.5, 0.6) is 5.75 Å². The monoisotopic (exact) mass is 890 g/mol. The molecule has 0 saturated carbocycles. The van der Waals surface area contributed by atoms with Crippen LogP contribution in [0.25, 0.3) is 44.2 Å². The van der Waals surface area contributed by atoms with Gasteiger partial charge in [-0.3, -0.25) is 9.59 Å².